The van der Waals surface area contributed by atoms with Crippen molar-refractivity contribution in [2.45, 2.75) is 0 Å². The van der Waals surface area contributed by atoms with E-state index in [4.69, 9.17) is 0 Å². The fourth-order valence-corrected chi connectivity index (χ4v) is 469. The molecule has 2 atom stereocenters. The van der Waals surface area contributed by atoms with Crippen LogP contribution in [0.2, 0.25) is 0 Å². The summed E-state index contributed by atoms with van der Waals surface area (Å²) >= 11 is 0. The van der Waals surface area contributed by atoms with Gasteiger partial charge >= 0.3 is 0 Å². The maximum Gasteiger partial charge on any atom is -0.00647 e. The second kappa shape index (κ2) is 2.04. The molecule has 0 aromatic heterocycles. The van der Waals surface area contributed by atoms with Gasteiger partial charge in [0.1, 0.15) is 0 Å². The Morgan fingerprint density at radius 1 is 0.714 bits per heavy atom. The smallest absolute Gasteiger partial charge is 0.00647 e. The lowest BCUT2D eigenvalue weighted by Crippen LogP contribution is -2.63. The fraction of sp³-hybridized carbons (Fsp3) is 0. The lowest BCUT2D eigenvalue weighted by Gasteiger charge is -2.25. The number of hydrogen-bond acceptors (Lipinski definition) is 0. The average Bonchev–Trinajstić information content (AvgIpc) is 1.85. The van der Waals surface area contributed by atoms with Gasteiger partial charge in [-0.15, -0.1) is 0 Å². The van der Waals surface area contributed by atoms with Gasteiger partial charge in [-0.25, -0.2) is 0 Å². The van der Waals surface area contributed by atoms with Gasteiger partial charge in [0.25, 0.3) is 0 Å². The van der Waals surface area contributed by atoms with Crippen LogP contribution in [0.3, 0.4) is 0 Å². The highest BCUT2D eigenvalue weighted by molar-refractivity contribution is 8.13. The first-order chi connectivity index (χ1) is 3.47. The van der Waals surface area contributed by atoms with Crippen LogP contribution in [0, 0.1) is 0 Å². The Morgan fingerprint density at radius 3 is 1.57 bits per heavy atom. The third-order valence-electron chi connectivity index (χ3n) is 2.72. The first-order valence-electron chi connectivity index (χ1n) is 3.47. The summed E-state index contributed by atoms with van der Waals surface area (Å²) in [7, 11) is 6.28. The van der Waals surface area contributed by atoms with Crippen molar-refractivity contribution in [1.82, 2.24) is 0 Å². The second-order valence-corrected chi connectivity index (χ2v) is 81.8. The molecule has 0 aromatic carbocycles. The lowest BCUT2D eigenvalue weighted by molar-refractivity contribution is 3.51. The van der Waals surface area contributed by atoms with Gasteiger partial charge in [0.05, 0.1) is 0 Å². The summed E-state index contributed by atoms with van der Waals surface area (Å²) in [6, 6.07) is 0. The number of rotatable bonds is 0. The van der Waals surface area contributed by atoms with Gasteiger partial charge in [0.2, 0.25) is 0 Å². The van der Waals surface area contributed by atoms with Gasteiger partial charge < -0.3 is 0 Å². The van der Waals surface area contributed by atoms with Crippen molar-refractivity contribution < 1.29 is 0 Å². The van der Waals surface area contributed by atoms with Crippen molar-refractivity contribution >= 4 is 57.5 Å². The highest BCUT2D eigenvalue weighted by Gasteiger charge is 2.37. The molecule has 2 rings (SSSR count). The molecule has 2 aliphatic heterocycles. The molecule has 40 valence electrons. The average molecular weight is 209 g/mol. The third kappa shape index (κ3) is 0.839. The monoisotopic (exact) mass is 208 g/mol. The molecule has 2 aliphatic rings. The van der Waals surface area contributed by atoms with Gasteiger partial charge in [0.15, 0.2) is 0 Å². The standard InChI is InChI=1S/H12Si7/c1-2-6-4-5-7(6)3-1/h6-7H,1-5H2. The van der Waals surface area contributed by atoms with Crippen molar-refractivity contribution in [1.29, 1.82) is 0 Å². The second-order valence-electron chi connectivity index (χ2n) is 3.03. The van der Waals surface area contributed by atoms with E-state index in [0.29, 0.717) is 14.7 Å². The Hall–Kier alpha value is 1.52. The van der Waals surface area contributed by atoms with Crippen LogP contribution >= 0.6 is 0 Å². The summed E-state index contributed by atoms with van der Waals surface area (Å²) in [5, 5.41) is 0. The molecular weight excluding hydrogens is 197 g/mol. The molecule has 0 saturated carbocycles. The van der Waals surface area contributed by atoms with E-state index >= 15 is 0 Å². The molecular formula is H12Si7. The minimum Gasteiger partial charge on any atom is -0.00926 e. The highest BCUT2D eigenvalue weighted by atomic mass is 30.5. The van der Waals surface area contributed by atoms with Gasteiger partial charge in [-0.3, -0.25) is 0 Å². The summed E-state index contributed by atoms with van der Waals surface area (Å²) in [6.07, 6.45) is 0. The largest absolute Gasteiger partial charge is 0.00926 e. The molecule has 7 heavy (non-hydrogen) atoms. The van der Waals surface area contributed by atoms with Crippen molar-refractivity contribution in [3.05, 3.63) is 0 Å². The first kappa shape index (κ1) is 5.31. The van der Waals surface area contributed by atoms with Gasteiger partial charge in [0, 0.05) is 0 Å². The van der Waals surface area contributed by atoms with Gasteiger partial charge in [-0.1, -0.05) is 0 Å². The van der Waals surface area contributed by atoms with Crippen molar-refractivity contribution in [2.75, 3.05) is 0 Å². The number of hydrogen-bond donors (Lipinski definition) is 0. The maximum atomic E-state index is 1.00. The zero-order chi connectivity index (χ0) is 4.69. The van der Waals surface area contributed by atoms with Crippen LogP contribution in [0.5, 0.6) is 0 Å². The van der Waals surface area contributed by atoms with E-state index < -0.39 is 0 Å². The topological polar surface area (TPSA) is 0 Å². The van der Waals surface area contributed by atoms with Gasteiger partial charge in [-0.05, 0) is 57.5 Å². The predicted molar refractivity (Wildman–Crippen MR) is 57.0 cm³/mol. The normalized spacial score (nSPS) is 65.1. The molecule has 0 nitrogen and oxygen atoms in total. The Labute approximate surface area is 57.5 Å². The molecule has 7 heteroatoms. The Kier molecular flexibility index (Phi) is 1.55. The van der Waals surface area contributed by atoms with Crippen LogP contribution in [0.4, 0.5) is 0 Å². The molecule has 2 heterocycles. The molecule has 0 aliphatic carbocycles. The van der Waals surface area contributed by atoms with Crippen molar-refractivity contribution in [2.24, 2.45) is 0 Å². The first-order valence-corrected chi connectivity index (χ1v) is 31.2. The van der Waals surface area contributed by atoms with Crippen molar-refractivity contribution in [3.63, 3.8) is 0 Å². The zero-order valence-corrected chi connectivity index (χ0v) is 14.1. The number of fused-ring (bicyclic) bond motifs is 1. The molecule has 0 N–H and O–H groups in total. The van der Waals surface area contributed by atoms with E-state index in [0.717, 1.165) is 42.8 Å². The predicted octanol–water partition coefficient (Wildman–Crippen LogP) is -5.88. The lowest BCUT2D eigenvalue weighted by atomic mass is 25.8. The van der Waals surface area contributed by atoms with E-state index in [2.05, 4.69) is 0 Å². The van der Waals surface area contributed by atoms with E-state index in [-0.39, 0.29) is 0 Å². The minimum atomic E-state index is 0.639. The van der Waals surface area contributed by atoms with Crippen LogP contribution in [0.15, 0.2) is 0 Å². The van der Waals surface area contributed by atoms with Crippen molar-refractivity contribution in [3.8, 4) is 0 Å². The van der Waals surface area contributed by atoms with E-state index in [1.807, 2.05) is 0 Å². The summed E-state index contributed by atoms with van der Waals surface area (Å²) in [6.45, 7) is 0. The van der Waals surface area contributed by atoms with Crippen LogP contribution in [0.25, 0.3) is 0 Å². The van der Waals surface area contributed by atoms with Crippen LogP contribution in [-0.2, 0) is 0 Å². The third-order valence-corrected chi connectivity index (χ3v) is 221. The Morgan fingerprint density at radius 2 is 1.29 bits per heavy atom. The molecule has 0 bridgehead atoms. The molecule has 0 aromatic rings. The maximum absolute atomic E-state index is 1.00. The van der Waals surface area contributed by atoms with Gasteiger partial charge in [-0.2, -0.15) is 0 Å². The molecule has 0 spiro atoms. The Bertz CT molecular complexity index is 66.1. The van der Waals surface area contributed by atoms with Crippen LogP contribution < -0.4 is 0 Å². The van der Waals surface area contributed by atoms with E-state index in [1.165, 1.54) is 0 Å². The summed E-state index contributed by atoms with van der Waals surface area (Å²) in [5.74, 6) is 0. The minimum absolute atomic E-state index is 0.639. The SMILES string of the molecule is [SiH2]1[SiH2][SiH]2[SiH2][SiH2][SiH]2[SiH2]1. The van der Waals surface area contributed by atoms with E-state index in [9.17, 15) is 0 Å². The fourth-order valence-electron chi connectivity index (χ4n) is 2.04. The molecule has 0 radical (unpaired) electrons. The summed E-state index contributed by atoms with van der Waals surface area (Å²) < 4.78 is 0. The molecule has 2 unspecified atom stereocenters. The van der Waals surface area contributed by atoms with Crippen LogP contribution in [0.1, 0.15) is 0 Å². The molecule has 2 saturated heterocycles. The Balaban J connectivity index is 2.03. The summed E-state index contributed by atoms with van der Waals surface area (Å²) in [4.78, 5) is 0. The highest BCUT2D eigenvalue weighted by Crippen LogP contribution is 2.00. The van der Waals surface area contributed by atoms with Crippen LogP contribution in [-0.4, -0.2) is 57.5 Å². The molecule has 0 amide bonds. The summed E-state index contributed by atoms with van der Waals surface area (Å²) in [5.41, 5.74) is 0. The zero-order valence-electron chi connectivity index (χ0n) is 4.69. The quantitative estimate of drug-likeness (QED) is 0.348. The molecule has 2 fully saturated rings. The van der Waals surface area contributed by atoms with E-state index in [1.54, 1.807) is 0 Å².